The van der Waals surface area contributed by atoms with Gasteiger partial charge >= 0.3 is 6.18 Å². The Morgan fingerprint density at radius 2 is 1.83 bits per heavy atom. The maximum absolute atomic E-state index is 14.0. The van der Waals surface area contributed by atoms with E-state index in [-0.39, 0.29) is 43.0 Å². The third-order valence-corrected chi connectivity index (χ3v) is 7.20. The summed E-state index contributed by atoms with van der Waals surface area (Å²) in [5.74, 6) is 5.41. The van der Waals surface area contributed by atoms with Gasteiger partial charge in [0, 0.05) is 28.6 Å². The Bertz CT molecular complexity index is 1680. The van der Waals surface area contributed by atoms with Crippen LogP contribution >= 0.6 is 0 Å². The third-order valence-electron chi connectivity index (χ3n) is 7.20. The number of amides is 1. The van der Waals surface area contributed by atoms with Crippen molar-refractivity contribution >= 4 is 17.2 Å². The predicted octanol–water partition coefficient (Wildman–Crippen LogP) is 4.48. The molecule has 1 saturated heterocycles. The molecule has 5 rings (SSSR count). The number of imidazole rings is 1. The topological polar surface area (TPSA) is 105 Å². The largest absolute Gasteiger partial charge is 0.633 e. The molecule has 0 bridgehead atoms. The summed E-state index contributed by atoms with van der Waals surface area (Å²) in [6.45, 7) is 1.36. The number of nitrogens with one attached hydrogen (secondary N) is 1. The van der Waals surface area contributed by atoms with Crippen LogP contribution in [0.15, 0.2) is 60.9 Å². The highest BCUT2D eigenvalue weighted by molar-refractivity contribution is 6.04. The molecule has 0 radical (unpaired) electrons. The number of piperazine rings is 1. The van der Waals surface area contributed by atoms with E-state index in [0.717, 1.165) is 11.6 Å². The minimum atomic E-state index is -4.74. The molecule has 1 N–H and O–H groups in total. The average molecular weight is 565 g/mol. The highest BCUT2D eigenvalue weighted by Gasteiger charge is 2.37. The number of hydrogen-bond donors (Lipinski definition) is 1. The number of fused-ring (bicyclic) bond motifs is 1. The van der Waals surface area contributed by atoms with Crippen LogP contribution in [0.1, 0.15) is 38.3 Å². The number of aryl methyl sites for hydroxylation is 1. The van der Waals surface area contributed by atoms with E-state index in [2.05, 4.69) is 27.2 Å². The van der Waals surface area contributed by atoms with Crippen molar-refractivity contribution in [3.8, 4) is 11.8 Å². The van der Waals surface area contributed by atoms with E-state index >= 15 is 0 Å². The molecule has 1 aliphatic rings. The molecule has 12 heteroatoms. The van der Waals surface area contributed by atoms with Gasteiger partial charge in [-0.2, -0.15) is 18.3 Å². The normalized spacial score (nSPS) is 20.9. The molecule has 9 nitrogen and oxygen atoms in total. The van der Waals surface area contributed by atoms with Crippen LogP contribution in [0.5, 0.6) is 0 Å². The number of quaternary nitrogens is 2. The van der Waals surface area contributed by atoms with E-state index in [1.165, 1.54) is 19.2 Å². The highest BCUT2D eigenvalue weighted by Crippen LogP contribution is 2.36. The first kappa shape index (κ1) is 28.3. The molecule has 0 atom stereocenters. The fourth-order valence-electron chi connectivity index (χ4n) is 4.68. The zero-order chi connectivity index (χ0) is 29.4. The molecule has 1 aliphatic heterocycles. The van der Waals surface area contributed by atoms with E-state index in [1.54, 1.807) is 47.2 Å². The van der Waals surface area contributed by atoms with E-state index in [4.69, 9.17) is 0 Å². The summed E-state index contributed by atoms with van der Waals surface area (Å²) in [5, 5.41) is 31.9. The molecular formula is C29H27F3N6O3. The van der Waals surface area contributed by atoms with Crippen LogP contribution in [0.2, 0.25) is 0 Å². The molecule has 0 saturated carbocycles. The van der Waals surface area contributed by atoms with Crippen molar-refractivity contribution in [3.05, 3.63) is 105 Å². The first-order valence-corrected chi connectivity index (χ1v) is 12.9. The lowest BCUT2D eigenvalue weighted by atomic mass is 10.0. The van der Waals surface area contributed by atoms with Crippen LogP contribution in [0.4, 0.5) is 18.9 Å². The van der Waals surface area contributed by atoms with Crippen LogP contribution < -0.4 is 5.32 Å². The number of rotatable bonds is 4. The number of carbonyl (C=O) groups is 1. The molecule has 212 valence electrons. The molecular weight excluding hydrogens is 537 g/mol. The number of anilines is 1. The van der Waals surface area contributed by atoms with Crippen LogP contribution in [-0.4, -0.2) is 63.0 Å². The van der Waals surface area contributed by atoms with Gasteiger partial charge in [-0.25, -0.2) is 9.50 Å². The molecule has 1 fully saturated rings. The molecule has 41 heavy (non-hydrogen) atoms. The summed E-state index contributed by atoms with van der Waals surface area (Å²) < 4.78 is 42.1. The number of nitrogens with zero attached hydrogens (tertiary/aromatic N) is 5. The third kappa shape index (κ3) is 6.39. The molecule has 0 spiro atoms. The molecule has 2 aromatic carbocycles. The fraction of sp³-hybridized carbons (Fsp3) is 0.276. The van der Waals surface area contributed by atoms with Crippen LogP contribution in [0.25, 0.3) is 5.65 Å². The van der Waals surface area contributed by atoms with E-state index in [1.807, 2.05) is 6.92 Å². The second-order valence-electron chi connectivity index (χ2n) is 10.4. The lowest BCUT2D eigenvalue weighted by Crippen LogP contribution is -2.60. The summed E-state index contributed by atoms with van der Waals surface area (Å²) >= 11 is 0. The summed E-state index contributed by atoms with van der Waals surface area (Å²) in [5.41, 5.74) is 1.55. The Balaban J connectivity index is 1.36. The van der Waals surface area contributed by atoms with Gasteiger partial charge < -0.3 is 25.0 Å². The number of carbonyl (C=O) groups excluding carboxylic acids is 1. The smallest absolute Gasteiger partial charge is 0.416 e. The maximum Gasteiger partial charge on any atom is 0.416 e. The average Bonchev–Trinajstić information content (AvgIpc) is 3.33. The number of benzene rings is 2. The predicted molar refractivity (Wildman–Crippen MR) is 146 cm³/mol. The fourth-order valence-corrected chi connectivity index (χ4v) is 4.68. The number of halogens is 3. The quantitative estimate of drug-likeness (QED) is 0.224. The lowest BCUT2D eigenvalue weighted by Gasteiger charge is -2.52. The Kier molecular flexibility index (Phi) is 7.31. The Labute approximate surface area is 234 Å². The van der Waals surface area contributed by atoms with Crippen molar-refractivity contribution in [2.24, 2.45) is 0 Å². The van der Waals surface area contributed by atoms with Gasteiger partial charge in [0.15, 0.2) is 5.65 Å². The maximum atomic E-state index is 14.0. The number of hydroxylamine groups is 6. The monoisotopic (exact) mass is 564 g/mol. The Morgan fingerprint density at radius 3 is 2.56 bits per heavy atom. The SMILES string of the molecule is Cc1ccc(C(=O)Nc2ccc(C[N+]3([O-])CC[N+](C)([O-])CC3)c(C(F)(F)F)c2)cc1C#Cc1cnc2cccnn12. The van der Waals surface area contributed by atoms with Gasteiger partial charge in [-0.15, -0.1) is 0 Å². The summed E-state index contributed by atoms with van der Waals surface area (Å²) in [6, 6.07) is 11.8. The first-order valence-electron chi connectivity index (χ1n) is 12.9. The minimum absolute atomic E-state index is 0.0395. The molecule has 4 aromatic rings. The van der Waals surface area contributed by atoms with Gasteiger partial charge in [-0.05, 0) is 54.8 Å². The van der Waals surface area contributed by atoms with Crippen molar-refractivity contribution in [1.82, 2.24) is 14.6 Å². The van der Waals surface area contributed by atoms with Crippen LogP contribution in [0, 0.1) is 29.2 Å². The Hall–Kier alpha value is -4.28. The van der Waals surface area contributed by atoms with E-state index in [0.29, 0.717) is 16.9 Å². The standard InChI is InChI=1S/C29H27F3N6O3/c1-20-5-6-22(16-21(20)8-10-25-18-33-27-4-3-11-34-36(25)27)28(39)35-24-9-7-23(26(17-24)29(30,31)32)19-38(41)14-12-37(2,40)13-15-38/h3-7,9,11,16-18H,12-15,19H2,1-2H3,(H,35,39). The number of aromatic nitrogens is 3. The van der Waals surface area contributed by atoms with Gasteiger partial charge in [-0.3, -0.25) is 4.79 Å². The summed E-state index contributed by atoms with van der Waals surface area (Å²) in [7, 11) is 1.45. The second kappa shape index (κ2) is 10.6. The second-order valence-corrected chi connectivity index (χ2v) is 10.4. The lowest BCUT2D eigenvalue weighted by molar-refractivity contribution is -0.987. The highest BCUT2D eigenvalue weighted by atomic mass is 19.4. The van der Waals surface area contributed by atoms with Crippen molar-refractivity contribution < 1.29 is 27.3 Å². The zero-order valence-electron chi connectivity index (χ0n) is 22.4. The summed E-state index contributed by atoms with van der Waals surface area (Å²) in [4.78, 5) is 17.3. The van der Waals surface area contributed by atoms with Gasteiger partial charge in [0.2, 0.25) is 0 Å². The van der Waals surface area contributed by atoms with Crippen LogP contribution in [-0.2, 0) is 12.7 Å². The number of likely N-dealkylation sites (N-methyl/N-ethyl adjacent to an activating group) is 1. The summed E-state index contributed by atoms with van der Waals surface area (Å²) in [6.07, 6.45) is -1.54. The van der Waals surface area contributed by atoms with Gasteiger partial charge in [-0.1, -0.05) is 18.1 Å². The van der Waals surface area contributed by atoms with Crippen molar-refractivity contribution in [1.29, 1.82) is 0 Å². The molecule has 0 unspecified atom stereocenters. The van der Waals surface area contributed by atoms with Gasteiger partial charge in [0.1, 0.15) is 38.4 Å². The molecule has 1 amide bonds. The number of hydrogen-bond acceptors (Lipinski definition) is 5. The van der Waals surface area contributed by atoms with Gasteiger partial charge in [0.05, 0.1) is 18.8 Å². The van der Waals surface area contributed by atoms with Gasteiger partial charge in [0.25, 0.3) is 5.91 Å². The van der Waals surface area contributed by atoms with Crippen LogP contribution in [0.3, 0.4) is 0 Å². The van der Waals surface area contributed by atoms with E-state index in [9.17, 15) is 28.4 Å². The zero-order valence-corrected chi connectivity index (χ0v) is 22.4. The van der Waals surface area contributed by atoms with Crippen molar-refractivity contribution in [3.63, 3.8) is 0 Å². The Morgan fingerprint density at radius 1 is 1.07 bits per heavy atom. The van der Waals surface area contributed by atoms with E-state index < -0.39 is 33.5 Å². The first-order chi connectivity index (χ1) is 19.3. The van der Waals surface area contributed by atoms with Crippen molar-refractivity contribution in [2.75, 3.05) is 38.5 Å². The van der Waals surface area contributed by atoms with Crippen molar-refractivity contribution in [2.45, 2.75) is 19.6 Å². The molecule has 2 aromatic heterocycles. The minimum Gasteiger partial charge on any atom is -0.633 e. The molecule has 0 aliphatic carbocycles. The molecule has 3 heterocycles. The number of alkyl halides is 3.